The first-order valence-electron chi connectivity index (χ1n) is 3.08. The smallest absolute Gasteiger partial charge is 0.0201 e. The van der Waals surface area contributed by atoms with E-state index in [2.05, 4.69) is 39.9 Å². The number of nitrogens with zero attached hydrogens (tertiary/aromatic N) is 1. The second kappa shape index (κ2) is 2.52. The fourth-order valence-corrected chi connectivity index (χ4v) is 1.61. The van der Waals surface area contributed by atoms with Gasteiger partial charge in [-0.1, -0.05) is 6.92 Å². The lowest BCUT2D eigenvalue weighted by Crippen LogP contribution is -2.35. The number of hydrogen-bond acceptors (Lipinski definition) is 1. The third-order valence-electron chi connectivity index (χ3n) is 1.85. The van der Waals surface area contributed by atoms with Crippen LogP contribution >= 0.6 is 22.9 Å². The maximum absolute atomic E-state index is 2.36. The van der Waals surface area contributed by atoms with E-state index >= 15 is 0 Å². The summed E-state index contributed by atoms with van der Waals surface area (Å²) in [6, 6.07) is 0.880. The molecule has 0 saturated heterocycles. The third-order valence-corrected chi connectivity index (χ3v) is 2.64. The molecule has 0 spiro atoms. The number of halogens is 1. The van der Waals surface area contributed by atoms with Gasteiger partial charge in [-0.25, -0.2) is 3.11 Å². The van der Waals surface area contributed by atoms with Gasteiger partial charge in [0.15, 0.2) is 0 Å². The Morgan fingerprint density at radius 1 is 1.50 bits per heavy atom. The van der Waals surface area contributed by atoms with Crippen molar-refractivity contribution in [1.82, 2.24) is 3.11 Å². The molecule has 0 atom stereocenters. The Balaban J connectivity index is 2.15. The Bertz CT molecular complexity index is 76.6. The molecule has 0 bridgehead atoms. The highest BCUT2D eigenvalue weighted by molar-refractivity contribution is 14.1. The molecule has 1 saturated carbocycles. The van der Waals surface area contributed by atoms with Gasteiger partial charge < -0.3 is 0 Å². The minimum atomic E-state index is 0.880. The molecule has 0 N–H and O–H groups in total. The van der Waals surface area contributed by atoms with E-state index in [-0.39, 0.29) is 0 Å². The van der Waals surface area contributed by atoms with Crippen molar-refractivity contribution < 1.29 is 0 Å². The molecular weight excluding hydrogens is 213 g/mol. The van der Waals surface area contributed by atoms with Gasteiger partial charge in [-0.3, -0.25) is 0 Å². The van der Waals surface area contributed by atoms with Crippen molar-refractivity contribution in [2.24, 2.45) is 5.92 Å². The van der Waals surface area contributed by atoms with Crippen LogP contribution in [0.4, 0.5) is 0 Å². The van der Waals surface area contributed by atoms with Crippen molar-refractivity contribution in [3.63, 3.8) is 0 Å². The Labute approximate surface area is 64.9 Å². The zero-order valence-corrected chi connectivity index (χ0v) is 7.55. The van der Waals surface area contributed by atoms with Crippen molar-refractivity contribution in [2.45, 2.75) is 25.8 Å². The Kier molecular flexibility index (Phi) is 2.14. The van der Waals surface area contributed by atoms with Crippen molar-refractivity contribution in [3.8, 4) is 0 Å². The predicted octanol–water partition coefficient (Wildman–Crippen LogP) is 2.07. The van der Waals surface area contributed by atoms with Gasteiger partial charge >= 0.3 is 0 Å². The molecule has 2 heteroatoms. The van der Waals surface area contributed by atoms with Crippen LogP contribution in [0.3, 0.4) is 0 Å². The summed E-state index contributed by atoms with van der Waals surface area (Å²) in [6.45, 7) is 2.32. The largest absolute Gasteiger partial charge is 0.248 e. The number of hydrogen-bond donors (Lipinski definition) is 0. The van der Waals surface area contributed by atoms with Crippen molar-refractivity contribution >= 4 is 22.9 Å². The summed E-state index contributed by atoms with van der Waals surface area (Å²) >= 11 is 2.36. The van der Waals surface area contributed by atoms with E-state index in [0.29, 0.717) is 0 Å². The van der Waals surface area contributed by atoms with Crippen molar-refractivity contribution in [2.75, 3.05) is 7.05 Å². The highest BCUT2D eigenvalue weighted by Gasteiger charge is 2.27. The summed E-state index contributed by atoms with van der Waals surface area (Å²) in [5.74, 6) is 0.984. The van der Waals surface area contributed by atoms with Gasteiger partial charge in [-0.2, -0.15) is 0 Å². The summed E-state index contributed by atoms with van der Waals surface area (Å²) in [5.41, 5.74) is 0. The van der Waals surface area contributed by atoms with Crippen LogP contribution in [0, 0.1) is 5.92 Å². The molecule has 1 fully saturated rings. The van der Waals surface area contributed by atoms with Crippen LogP contribution in [0.2, 0.25) is 0 Å². The van der Waals surface area contributed by atoms with Crippen LogP contribution < -0.4 is 0 Å². The van der Waals surface area contributed by atoms with Gasteiger partial charge in [0.05, 0.1) is 0 Å². The molecule has 8 heavy (non-hydrogen) atoms. The molecule has 0 amide bonds. The minimum absolute atomic E-state index is 0.880. The van der Waals surface area contributed by atoms with E-state index in [9.17, 15) is 0 Å². The molecule has 0 unspecified atom stereocenters. The summed E-state index contributed by atoms with van der Waals surface area (Å²) < 4.78 is 2.29. The molecule has 0 aromatic rings. The van der Waals surface area contributed by atoms with E-state index in [1.54, 1.807) is 0 Å². The van der Waals surface area contributed by atoms with Crippen LogP contribution in [-0.4, -0.2) is 16.2 Å². The first-order chi connectivity index (χ1) is 3.70. The average Bonchev–Trinajstić information content (AvgIpc) is 1.57. The van der Waals surface area contributed by atoms with Gasteiger partial charge in [0.1, 0.15) is 0 Å². The summed E-state index contributed by atoms with van der Waals surface area (Å²) in [4.78, 5) is 0. The highest BCUT2D eigenvalue weighted by Crippen LogP contribution is 2.31. The van der Waals surface area contributed by atoms with Crippen LogP contribution in [0.15, 0.2) is 0 Å². The lowest BCUT2D eigenvalue weighted by molar-refractivity contribution is 0.202. The highest BCUT2D eigenvalue weighted by atomic mass is 127. The Morgan fingerprint density at radius 2 is 2.00 bits per heavy atom. The monoisotopic (exact) mass is 225 g/mol. The molecule has 1 aliphatic rings. The predicted molar refractivity (Wildman–Crippen MR) is 44.0 cm³/mol. The van der Waals surface area contributed by atoms with E-state index in [0.717, 1.165) is 12.0 Å². The molecule has 0 aliphatic heterocycles. The second-order valence-corrected chi connectivity index (χ2v) is 4.28. The summed E-state index contributed by atoms with van der Waals surface area (Å²) in [5, 5.41) is 0. The SMILES string of the molecule is CC1CC(N(C)I)C1. The number of rotatable bonds is 1. The quantitative estimate of drug-likeness (QED) is 0.487. The Hall–Kier alpha value is 0.690. The normalized spacial score (nSPS) is 37.5. The van der Waals surface area contributed by atoms with Crippen LogP contribution in [-0.2, 0) is 0 Å². The Morgan fingerprint density at radius 3 is 2.12 bits per heavy atom. The van der Waals surface area contributed by atoms with E-state index < -0.39 is 0 Å². The van der Waals surface area contributed by atoms with E-state index in [1.165, 1.54) is 12.8 Å². The fraction of sp³-hybridized carbons (Fsp3) is 1.00. The zero-order chi connectivity index (χ0) is 6.15. The third kappa shape index (κ3) is 1.35. The molecule has 1 nitrogen and oxygen atoms in total. The molecule has 1 rings (SSSR count). The van der Waals surface area contributed by atoms with Crippen molar-refractivity contribution in [1.29, 1.82) is 0 Å². The van der Waals surface area contributed by atoms with Gasteiger partial charge in [0.2, 0.25) is 0 Å². The molecule has 0 aromatic heterocycles. The van der Waals surface area contributed by atoms with Gasteiger partial charge in [-0.15, -0.1) is 0 Å². The molecule has 0 radical (unpaired) electrons. The zero-order valence-electron chi connectivity index (χ0n) is 5.39. The molecular formula is C6H12IN. The van der Waals surface area contributed by atoms with Gasteiger partial charge in [0.25, 0.3) is 0 Å². The van der Waals surface area contributed by atoms with Crippen molar-refractivity contribution in [3.05, 3.63) is 0 Å². The maximum atomic E-state index is 2.36. The topological polar surface area (TPSA) is 3.24 Å². The molecule has 48 valence electrons. The second-order valence-electron chi connectivity index (χ2n) is 2.76. The fourth-order valence-electron chi connectivity index (χ4n) is 1.15. The summed E-state index contributed by atoms with van der Waals surface area (Å²) in [6.07, 6.45) is 2.80. The average molecular weight is 225 g/mol. The van der Waals surface area contributed by atoms with Crippen LogP contribution in [0.5, 0.6) is 0 Å². The van der Waals surface area contributed by atoms with E-state index in [1.807, 2.05) is 0 Å². The standard InChI is InChI=1S/C6H12IN/c1-5-3-6(4-5)8(2)7/h5-6H,3-4H2,1-2H3. The van der Waals surface area contributed by atoms with Crippen LogP contribution in [0.25, 0.3) is 0 Å². The van der Waals surface area contributed by atoms with Gasteiger partial charge in [0, 0.05) is 28.9 Å². The first-order valence-corrected chi connectivity index (χ1v) is 4.05. The van der Waals surface area contributed by atoms with Crippen LogP contribution in [0.1, 0.15) is 19.8 Å². The lowest BCUT2D eigenvalue weighted by Gasteiger charge is -2.36. The first kappa shape index (κ1) is 6.81. The van der Waals surface area contributed by atoms with E-state index in [4.69, 9.17) is 0 Å². The molecule has 0 aromatic carbocycles. The molecule has 1 aliphatic carbocycles. The molecule has 0 heterocycles. The van der Waals surface area contributed by atoms with Gasteiger partial charge in [-0.05, 0) is 25.8 Å². The summed E-state index contributed by atoms with van der Waals surface area (Å²) in [7, 11) is 2.15. The minimum Gasteiger partial charge on any atom is -0.248 e. The maximum Gasteiger partial charge on any atom is 0.0201 e. The lowest BCUT2D eigenvalue weighted by atomic mass is 9.82.